The van der Waals surface area contributed by atoms with E-state index in [0.717, 1.165) is 17.2 Å². The minimum Gasteiger partial charge on any atom is -0.330 e. The summed E-state index contributed by atoms with van der Waals surface area (Å²) < 4.78 is 61.7. The fourth-order valence-corrected chi connectivity index (χ4v) is 6.60. The first-order chi connectivity index (χ1) is 20.5. The van der Waals surface area contributed by atoms with E-state index in [2.05, 4.69) is 10.1 Å². The number of nitrogens with zero attached hydrogens (tertiary/aromatic N) is 5. The van der Waals surface area contributed by atoms with Gasteiger partial charge in [0.2, 0.25) is 0 Å². The minimum atomic E-state index is -3.91. The lowest BCUT2D eigenvalue weighted by atomic mass is 9.95. The SMILES string of the molecule is Cc1ccc(S(=O)(=O)OCCn2ccc3c(C(=O)N4CCc5c(nn(C)c5-c5cc(F)cc(F)c5)[C@@H]4C)ccnc32)cc1. The van der Waals surface area contributed by atoms with E-state index >= 15 is 0 Å². The average Bonchev–Trinajstić information content (AvgIpc) is 3.53. The molecule has 0 unspecified atom stereocenters. The summed E-state index contributed by atoms with van der Waals surface area (Å²) in [4.78, 5) is 20.1. The van der Waals surface area contributed by atoms with Gasteiger partial charge in [0.25, 0.3) is 16.0 Å². The summed E-state index contributed by atoms with van der Waals surface area (Å²) in [6.45, 7) is 4.24. The number of hydrogen-bond donors (Lipinski definition) is 0. The molecule has 1 aliphatic rings. The van der Waals surface area contributed by atoms with Crippen molar-refractivity contribution in [3.63, 3.8) is 0 Å². The molecule has 1 atom stereocenters. The van der Waals surface area contributed by atoms with Gasteiger partial charge in [0, 0.05) is 55.1 Å². The quantitative estimate of drug-likeness (QED) is 0.237. The molecule has 0 bridgehead atoms. The number of amides is 1. The predicted molar refractivity (Wildman–Crippen MR) is 156 cm³/mol. The van der Waals surface area contributed by atoms with Gasteiger partial charge < -0.3 is 9.47 Å². The summed E-state index contributed by atoms with van der Waals surface area (Å²) in [5, 5.41) is 5.27. The summed E-state index contributed by atoms with van der Waals surface area (Å²) in [6, 6.07) is 12.9. The molecule has 0 spiro atoms. The minimum absolute atomic E-state index is 0.0865. The van der Waals surface area contributed by atoms with Crippen LogP contribution >= 0.6 is 0 Å². The van der Waals surface area contributed by atoms with Crippen LogP contribution < -0.4 is 0 Å². The number of pyridine rings is 1. The second kappa shape index (κ2) is 11.0. The second-order valence-corrected chi connectivity index (χ2v) is 12.2. The monoisotopic (exact) mass is 605 g/mol. The number of aryl methyl sites for hydroxylation is 2. The van der Waals surface area contributed by atoms with Crippen molar-refractivity contribution in [1.29, 1.82) is 0 Å². The summed E-state index contributed by atoms with van der Waals surface area (Å²) in [7, 11) is -2.19. The number of carbonyl (C=O) groups excluding carboxylic acids is 1. The highest BCUT2D eigenvalue weighted by Gasteiger charge is 2.34. The van der Waals surface area contributed by atoms with E-state index in [9.17, 15) is 22.0 Å². The van der Waals surface area contributed by atoms with E-state index < -0.39 is 21.8 Å². The lowest BCUT2D eigenvalue weighted by Crippen LogP contribution is -2.39. The average molecular weight is 606 g/mol. The highest BCUT2D eigenvalue weighted by atomic mass is 32.2. The Morgan fingerprint density at radius 3 is 2.51 bits per heavy atom. The van der Waals surface area contributed by atoms with Crippen LogP contribution in [-0.2, 0) is 34.3 Å². The molecule has 43 heavy (non-hydrogen) atoms. The standard InChI is InChI=1S/C31H29F2N5O4S/c1-19-4-6-24(7-5-19)43(40,41)42-15-14-37-12-9-25-26(8-11-34-30(25)37)31(39)38-13-10-27-28(20(38)2)35-36(3)29(27)21-16-22(32)18-23(33)17-21/h4-9,11-12,16-18,20H,10,13-15H2,1-3H3/t20-/m0/s1. The normalized spacial score (nSPS) is 15.2. The molecule has 3 aromatic heterocycles. The van der Waals surface area contributed by atoms with E-state index in [0.29, 0.717) is 46.5 Å². The lowest BCUT2D eigenvalue weighted by Gasteiger charge is -2.33. The van der Waals surface area contributed by atoms with Gasteiger partial charge in [0.15, 0.2) is 0 Å². The Morgan fingerprint density at radius 2 is 1.79 bits per heavy atom. The Labute approximate surface area is 247 Å². The van der Waals surface area contributed by atoms with Crippen LogP contribution in [0.4, 0.5) is 8.78 Å². The highest BCUT2D eigenvalue weighted by molar-refractivity contribution is 7.86. The molecule has 4 heterocycles. The van der Waals surface area contributed by atoms with Crippen molar-refractivity contribution in [2.45, 2.75) is 37.8 Å². The van der Waals surface area contributed by atoms with Crippen molar-refractivity contribution < 1.29 is 26.2 Å². The Bertz CT molecular complexity index is 1950. The van der Waals surface area contributed by atoms with E-state index in [-0.39, 0.29) is 30.0 Å². The lowest BCUT2D eigenvalue weighted by molar-refractivity contribution is 0.0675. The van der Waals surface area contributed by atoms with Gasteiger partial charge in [0.05, 0.1) is 34.5 Å². The largest absolute Gasteiger partial charge is 0.330 e. The van der Waals surface area contributed by atoms with Crippen LogP contribution in [0.25, 0.3) is 22.3 Å². The van der Waals surface area contributed by atoms with E-state index in [1.165, 1.54) is 24.3 Å². The number of hydrogen-bond acceptors (Lipinski definition) is 6. The van der Waals surface area contributed by atoms with Crippen molar-refractivity contribution in [1.82, 2.24) is 24.2 Å². The van der Waals surface area contributed by atoms with E-state index in [1.54, 1.807) is 57.9 Å². The molecule has 1 aliphatic heterocycles. The molecule has 0 radical (unpaired) electrons. The van der Waals surface area contributed by atoms with E-state index in [4.69, 9.17) is 4.18 Å². The third-order valence-electron chi connectivity index (χ3n) is 7.81. The highest BCUT2D eigenvalue weighted by Crippen LogP contribution is 2.37. The number of aromatic nitrogens is 4. The zero-order valence-corrected chi connectivity index (χ0v) is 24.6. The molecule has 0 N–H and O–H groups in total. The van der Waals surface area contributed by atoms with Crippen molar-refractivity contribution in [2.75, 3.05) is 13.2 Å². The summed E-state index contributed by atoms with van der Waals surface area (Å²) >= 11 is 0. The number of rotatable bonds is 7. The number of carbonyl (C=O) groups is 1. The molecule has 222 valence electrons. The zero-order valence-electron chi connectivity index (χ0n) is 23.8. The maximum atomic E-state index is 14.0. The smallest absolute Gasteiger partial charge is 0.297 e. The fraction of sp³-hybridized carbons (Fsp3) is 0.258. The van der Waals surface area contributed by atoms with Gasteiger partial charge in [-0.05, 0) is 56.7 Å². The van der Waals surface area contributed by atoms with Gasteiger partial charge in [-0.1, -0.05) is 17.7 Å². The molecule has 5 aromatic rings. The maximum Gasteiger partial charge on any atom is 0.297 e. The Balaban J connectivity index is 1.22. The molecule has 0 saturated heterocycles. The van der Waals surface area contributed by atoms with Gasteiger partial charge in [-0.2, -0.15) is 13.5 Å². The van der Waals surface area contributed by atoms with Gasteiger partial charge >= 0.3 is 0 Å². The van der Waals surface area contributed by atoms with Crippen LogP contribution in [0, 0.1) is 18.6 Å². The molecule has 0 fully saturated rings. The van der Waals surface area contributed by atoms with Crippen molar-refractivity contribution in [3.05, 3.63) is 101 Å². The van der Waals surface area contributed by atoms with Crippen molar-refractivity contribution >= 4 is 27.1 Å². The van der Waals surface area contributed by atoms with Crippen LogP contribution in [-0.4, -0.2) is 51.7 Å². The first kappa shape index (κ1) is 28.7. The Morgan fingerprint density at radius 1 is 1.07 bits per heavy atom. The molecule has 9 nitrogen and oxygen atoms in total. The topological polar surface area (TPSA) is 99.3 Å². The van der Waals surface area contributed by atoms with Crippen LogP contribution in [0.2, 0.25) is 0 Å². The second-order valence-electron chi connectivity index (χ2n) is 10.6. The first-order valence-electron chi connectivity index (χ1n) is 13.8. The maximum absolute atomic E-state index is 14.0. The third kappa shape index (κ3) is 5.32. The van der Waals surface area contributed by atoms with Gasteiger partial charge in [-0.15, -0.1) is 0 Å². The molecule has 2 aromatic carbocycles. The Hall–Kier alpha value is -4.42. The van der Waals surface area contributed by atoms with Crippen LogP contribution in [0.1, 0.15) is 40.1 Å². The van der Waals surface area contributed by atoms with Gasteiger partial charge in [-0.25, -0.2) is 13.8 Å². The van der Waals surface area contributed by atoms with Crippen LogP contribution in [0.15, 0.2) is 71.9 Å². The molecular formula is C31H29F2N5O4S. The molecule has 0 aliphatic carbocycles. The molecule has 0 saturated carbocycles. The number of halogens is 2. The van der Waals surface area contributed by atoms with Gasteiger partial charge in [0.1, 0.15) is 17.3 Å². The van der Waals surface area contributed by atoms with Crippen molar-refractivity contribution in [3.8, 4) is 11.3 Å². The summed E-state index contributed by atoms with van der Waals surface area (Å²) in [5.41, 5.74) is 4.48. The van der Waals surface area contributed by atoms with Crippen LogP contribution in [0.5, 0.6) is 0 Å². The van der Waals surface area contributed by atoms with Crippen molar-refractivity contribution in [2.24, 2.45) is 7.05 Å². The zero-order chi connectivity index (χ0) is 30.5. The van der Waals surface area contributed by atoms with Gasteiger partial charge in [-0.3, -0.25) is 13.7 Å². The molecule has 1 amide bonds. The number of fused-ring (bicyclic) bond motifs is 2. The third-order valence-corrected chi connectivity index (χ3v) is 9.14. The number of benzene rings is 2. The molecule has 6 rings (SSSR count). The fourth-order valence-electron chi connectivity index (χ4n) is 5.70. The first-order valence-corrected chi connectivity index (χ1v) is 15.2. The molecule has 12 heteroatoms. The predicted octanol–water partition coefficient (Wildman–Crippen LogP) is 5.19. The molecular weight excluding hydrogens is 576 g/mol. The summed E-state index contributed by atoms with van der Waals surface area (Å²) in [5.74, 6) is -1.54. The van der Waals surface area contributed by atoms with Crippen LogP contribution in [0.3, 0.4) is 0 Å². The Kier molecular flexibility index (Phi) is 7.35. The van der Waals surface area contributed by atoms with E-state index in [1.807, 2.05) is 13.8 Å². The summed E-state index contributed by atoms with van der Waals surface area (Å²) in [6.07, 6.45) is 3.76.